The van der Waals surface area contributed by atoms with Crippen LogP contribution in [0.15, 0.2) is 24.3 Å². The van der Waals surface area contributed by atoms with Gasteiger partial charge in [-0.15, -0.1) is 0 Å². The van der Waals surface area contributed by atoms with Gasteiger partial charge in [0.05, 0.1) is 12.7 Å². The van der Waals surface area contributed by atoms with Crippen molar-refractivity contribution in [3.05, 3.63) is 29.8 Å². The Kier molecular flexibility index (Phi) is 2.70. The van der Waals surface area contributed by atoms with Gasteiger partial charge in [0, 0.05) is 12.5 Å². The van der Waals surface area contributed by atoms with Crippen LogP contribution in [0.1, 0.15) is 17.9 Å². The molecule has 0 fully saturated rings. The minimum Gasteiger partial charge on any atom is -0.493 e. The molecule has 3 N–H and O–H groups in total. The van der Waals surface area contributed by atoms with Gasteiger partial charge in [0.25, 0.3) is 0 Å². The lowest BCUT2D eigenvalue weighted by Gasteiger charge is -2.28. The largest absolute Gasteiger partial charge is 0.493 e. The van der Waals surface area contributed by atoms with Gasteiger partial charge < -0.3 is 15.6 Å². The molecule has 76 valence electrons. The SMILES string of the molecule is NCC(O)C1CCOc2ccccc21. The lowest BCUT2D eigenvalue weighted by Crippen LogP contribution is -2.30. The molecule has 0 amide bonds. The van der Waals surface area contributed by atoms with E-state index in [-0.39, 0.29) is 5.92 Å². The molecule has 2 unspecified atom stereocenters. The van der Waals surface area contributed by atoms with Gasteiger partial charge in [0.2, 0.25) is 0 Å². The van der Waals surface area contributed by atoms with Gasteiger partial charge in [-0.2, -0.15) is 0 Å². The summed E-state index contributed by atoms with van der Waals surface area (Å²) in [6.45, 7) is 0.970. The number of benzene rings is 1. The molecule has 0 aliphatic carbocycles. The molecule has 1 heterocycles. The van der Waals surface area contributed by atoms with Crippen LogP contribution in [-0.2, 0) is 0 Å². The first-order valence-electron chi connectivity index (χ1n) is 4.93. The van der Waals surface area contributed by atoms with Crippen LogP contribution in [0.5, 0.6) is 5.75 Å². The molecular formula is C11H15NO2. The fourth-order valence-electron chi connectivity index (χ4n) is 1.93. The predicted molar refractivity (Wildman–Crippen MR) is 54.4 cm³/mol. The molecule has 3 nitrogen and oxygen atoms in total. The number of ether oxygens (including phenoxy) is 1. The average Bonchev–Trinajstić information content (AvgIpc) is 2.27. The molecule has 0 aromatic heterocycles. The number of hydrogen-bond acceptors (Lipinski definition) is 3. The first-order chi connectivity index (χ1) is 6.83. The Morgan fingerprint density at radius 1 is 1.50 bits per heavy atom. The molecule has 0 saturated heterocycles. The topological polar surface area (TPSA) is 55.5 Å². The van der Waals surface area contributed by atoms with E-state index in [2.05, 4.69) is 0 Å². The lowest BCUT2D eigenvalue weighted by atomic mass is 9.88. The van der Waals surface area contributed by atoms with Crippen molar-refractivity contribution in [2.45, 2.75) is 18.4 Å². The second-order valence-corrected chi connectivity index (χ2v) is 3.58. The minimum absolute atomic E-state index is 0.130. The molecule has 0 spiro atoms. The van der Waals surface area contributed by atoms with Crippen molar-refractivity contribution >= 4 is 0 Å². The van der Waals surface area contributed by atoms with Gasteiger partial charge in [-0.1, -0.05) is 18.2 Å². The van der Waals surface area contributed by atoms with Crippen LogP contribution in [0.3, 0.4) is 0 Å². The zero-order valence-corrected chi connectivity index (χ0v) is 8.02. The number of aliphatic hydroxyl groups excluding tert-OH is 1. The van der Waals surface area contributed by atoms with Crippen LogP contribution in [0.2, 0.25) is 0 Å². The highest BCUT2D eigenvalue weighted by atomic mass is 16.5. The second-order valence-electron chi connectivity index (χ2n) is 3.58. The summed E-state index contributed by atoms with van der Waals surface area (Å²) in [5.41, 5.74) is 6.55. The van der Waals surface area contributed by atoms with E-state index >= 15 is 0 Å². The Morgan fingerprint density at radius 3 is 3.07 bits per heavy atom. The number of fused-ring (bicyclic) bond motifs is 1. The van der Waals surface area contributed by atoms with Crippen molar-refractivity contribution < 1.29 is 9.84 Å². The summed E-state index contributed by atoms with van der Waals surface area (Å²) in [6, 6.07) is 7.84. The summed E-state index contributed by atoms with van der Waals surface area (Å²) in [5, 5.41) is 9.75. The van der Waals surface area contributed by atoms with Crippen molar-refractivity contribution in [1.82, 2.24) is 0 Å². The standard InChI is InChI=1S/C11H15NO2/c12-7-10(13)8-5-6-14-11-4-2-1-3-9(8)11/h1-4,8,10,13H,5-7,12H2. The van der Waals surface area contributed by atoms with E-state index in [4.69, 9.17) is 10.5 Å². The first kappa shape index (κ1) is 9.49. The number of hydrogen-bond donors (Lipinski definition) is 2. The van der Waals surface area contributed by atoms with E-state index in [0.29, 0.717) is 13.2 Å². The van der Waals surface area contributed by atoms with Crippen molar-refractivity contribution in [3.63, 3.8) is 0 Å². The third kappa shape index (κ3) is 1.61. The molecule has 0 radical (unpaired) electrons. The van der Waals surface area contributed by atoms with Crippen LogP contribution >= 0.6 is 0 Å². The van der Waals surface area contributed by atoms with Crippen LogP contribution in [0.4, 0.5) is 0 Å². The average molecular weight is 193 g/mol. The van der Waals surface area contributed by atoms with Gasteiger partial charge in [-0.3, -0.25) is 0 Å². The summed E-state index contributed by atoms with van der Waals surface area (Å²) >= 11 is 0. The van der Waals surface area contributed by atoms with Crippen LogP contribution in [-0.4, -0.2) is 24.4 Å². The number of para-hydroxylation sites is 1. The first-order valence-corrected chi connectivity index (χ1v) is 4.93. The van der Waals surface area contributed by atoms with E-state index in [1.165, 1.54) is 0 Å². The predicted octanol–water partition coefficient (Wildman–Crippen LogP) is 0.872. The van der Waals surface area contributed by atoms with Crippen LogP contribution in [0, 0.1) is 0 Å². The smallest absolute Gasteiger partial charge is 0.122 e. The summed E-state index contributed by atoms with van der Waals surface area (Å²) in [7, 11) is 0. The maximum atomic E-state index is 9.75. The zero-order valence-electron chi connectivity index (χ0n) is 8.02. The Labute approximate surface area is 83.5 Å². The van der Waals surface area contributed by atoms with Crippen molar-refractivity contribution in [2.75, 3.05) is 13.2 Å². The fourth-order valence-corrected chi connectivity index (χ4v) is 1.93. The van der Waals surface area contributed by atoms with Gasteiger partial charge in [-0.25, -0.2) is 0 Å². The molecule has 2 rings (SSSR count). The third-order valence-corrected chi connectivity index (χ3v) is 2.71. The highest BCUT2D eigenvalue weighted by Gasteiger charge is 2.26. The van der Waals surface area contributed by atoms with Gasteiger partial charge in [-0.05, 0) is 18.1 Å². The van der Waals surface area contributed by atoms with E-state index < -0.39 is 6.10 Å². The summed E-state index contributed by atoms with van der Waals surface area (Å²) in [5.74, 6) is 1.01. The monoisotopic (exact) mass is 193 g/mol. The molecular weight excluding hydrogens is 178 g/mol. The van der Waals surface area contributed by atoms with Crippen LogP contribution in [0.25, 0.3) is 0 Å². The van der Waals surface area contributed by atoms with Crippen molar-refractivity contribution in [3.8, 4) is 5.75 Å². The van der Waals surface area contributed by atoms with E-state index in [1.54, 1.807) is 0 Å². The Bertz CT molecular complexity index is 314. The highest BCUT2D eigenvalue weighted by Crippen LogP contribution is 2.35. The van der Waals surface area contributed by atoms with Crippen molar-refractivity contribution in [1.29, 1.82) is 0 Å². The molecule has 1 aliphatic heterocycles. The van der Waals surface area contributed by atoms with Gasteiger partial charge in [0.1, 0.15) is 5.75 Å². The summed E-state index contributed by atoms with van der Waals surface area (Å²) in [6.07, 6.45) is 0.384. The van der Waals surface area contributed by atoms with Crippen molar-refractivity contribution in [2.24, 2.45) is 5.73 Å². The Morgan fingerprint density at radius 2 is 2.29 bits per heavy atom. The summed E-state index contributed by atoms with van der Waals surface area (Å²) < 4.78 is 5.50. The molecule has 1 aromatic rings. The maximum Gasteiger partial charge on any atom is 0.122 e. The molecule has 0 saturated carbocycles. The third-order valence-electron chi connectivity index (χ3n) is 2.71. The molecule has 14 heavy (non-hydrogen) atoms. The second kappa shape index (κ2) is 3.98. The Hall–Kier alpha value is -1.06. The zero-order chi connectivity index (χ0) is 9.97. The van der Waals surface area contributed by atoms with E-state index in [9.17, 15) is 5.11 Å². The fraction of sp³-hybridized carbons (Fsp3) is 0.455. The number of aliphatic hydroxyl groups is 1. The normalized spacial score (nSPS) is 22.3. The Balaban J connectivity index is 2.30. The lowest BCUT2D eigenvalue weighted by molar-refractivity contribution is 0.123. The molecule has 2 atom stereocenters. The highest BCUT2D eigenvalue weighted by molar-refractivity contribution is 5.38. The van der Waals surface area contributed by atoms with Crippen LogP contribution < -0.4 is 10.5 Å². The van der Waals surface area contributed by atoms with E-state index in [0.717, 1.165) is 17.7 Å². The van der Waals surface area contributed by atoms with Gasteiger partial charge in [0.15, 0.2) is 0 Å². The summed E-state index contributed by atoms with van der Waals surface area (Å²) in [4.78, 5) is 0. The molecule has 1 aromatic carbocycles. The number of nitrogens with two attached hydrogens (primary N) is 1. The molecule has 1 aliphatic rings. The molecule has 3 heteroatoms. The quantitative estimate of drug-likeness (QED) is 0.732. The minimum atomic E-state index is -0.458. The number of rotatable bonds is 2. The van der Waals surface area contributed by atoms with E-state index in [1.807, 2.05) is 24.3 Å². The maximum absolute atomic E-state index is 9.75. The van der Waals surface area contributed by atoms with Gasteiger partial charge >= 0.3 is 0 Å². The molecule has 0 bridgehead atoms.